The maximum Gasteiger partial charge on any atom is 0.310 e. The minimum atomic E-state index is -0.925. The molecule has 0 spiro atoms. The van der Waals surface area contributed by atoms with Gasteiger partial charge in [-0.15, -0.1) is 0 Å². The molecule has 0 aliphatic carbocycles. The zero-order chi connectivity index (χ0) is 9.23. The number of hydrogen-bond acceptors (Lipinski definition) is 2. The molecule has 0 aromatic carbocycles. The van der Waals surface area contributed by atoms with E-state index in [1.807, 2.05) is 0 Å². The summed E-state index contributed by atoms with van der Waals surface area (Å²) in [5.41, 5.74) is 5.38. The van der Waals surface area contributed by atoms with Gasteiger partial charge in [0.05, 0.1) is 5.41 Å². The van der Waals surface area contributed by atoms with Crippen LogP contribution in [-0.4, -0.2) is 17.1 Å². The van der Waals surface area contributed by atoms with Crippen LogP contribution in [0.5, 0.6) is 0 Å². The van der Waals surface area contributed by atoms with E-state index in [1.54, 1.807) is 20.8 Å². The number of hydrogen-bond donors (Lipinski definition) is 2. The molecule has 3 nitrogen and oxygen atoms in total. The molecule has 0 radical (unpaired) electrons. The lowest BCUT2D eigenvalue weighted by Crippen LogP contribution is -2.43. The minimum Gasteiger partial charge on any atom is -0.481 e. The zero-order valence-corrected chi connectivity index (χ0v) is 7.22. The van der Waals surface area contributed by atoms with Gasteiger partial charge in [0.15, 0.2) is 0 Å². The molecule has 0 aromatic heterocycles. The summed E-state index contributed by atoms with van der Waals surface area (Å²) in [6.07, 6.45) is 0. The molecule has 0 aromatic rings. The van der Waals surface area contributed by atoms with E-state index in [2.05, 4.69) is 6.58 Å². The fourth-order valence-electron chi connectivity index (χ4n) is 0.749. The van der Waals surface area contributed by atoms with Crippen molar-refractivity contribution < 1.29 is 9.90 Å². The Kier molecular flexibility index (Phi) is 2.82. The van der Waals surface area contributed by atoms with Gasteiger partial charge in [0, 0.05) is 6.04 Å². The molecule has 0 saturated carbocycles. The van der Waals surface area contributed by atoms with Crippen molar-refractivity contribution in [1.82, 2.24) is 0 Å². The highest BCUT2D eigenvalue weighted by molar-refractivity contribution is 5.75. The molecule has 0 saturated heterocycles. The van der Waals surface area contributed by atoms with Crippen molar-refractivity contribution in [3.8, 4) is 0 Å². The monoisotopic (exact) mass is 157 g/mol. The van der Waals surface area contributed by atoms with Crippen LogP contribution >= 0.6 is 0 Å². The van der Waals surface area contributed by atoms with Crippen molar-refractivity contribution >= 4 is 5.97 Å². The third kappa shape index (κ3) is 2.05. The summed E-state index contributed by atoms with van der Waals surface area (Å²) in [5.74, 6) is -0.895. The maximum atomic E-state index is 10.6. The first kappa shape index (κ1) is 10.2. The summed E-state index contributed by atoms with van der Waals surface area (Å²) in [7, 11) is 0. The summed E-state index contributed by atoms with van der Waals surface area (Å²) >= 11 is 0. The van der Waals surface area contributed by atoms with E-state index >= 15 is 0 Å². The van der Waals surface area contributed by atoms with Gasteiger partial charge in [-0.2, -0.15) is 0 Å². The highest BCUT2D eigenvalue weighted by atomic mass is 16.4. The SMILES string of the molecule is C=C(C)C(N)C(C)(C)C(=O)O. The van der Waals surface area contributed by atoms with Gasteiger partial charge in [0.25, 0.3) is 0 Å². The van der Waals surface area contributed by atoms with Crippen LogP contribution in [0, 0.1) is 5.41 Å². The molecule has 0 aliphatic heterocycles. The Hall–Kier alpha value is -0.830. The Labute approximate surface area is 66.9 Å². The van der Waals surface area contributed by atoms with Crippen molar-refractivity contribution in [2.75, 3.05) is 0 Å². The Morgan fingerprint density at radius 2 is 2.00 bits per heavy atom. The summed E-state index contributed by atoms with van der Waals surface area (Å²) in [6.45, 7) is 8.53. The number of nitrogens with two attached hydrogens (primary N) is 1. The number of aliphatic carboxylic acids is 1. The average Bonchev–Trinajstić information content (AvgIpc) is 1.85. The number of rotatable bonds is 3. The van der Waals surface area contributed by atoms with Crippen LogP contribution in [-0.2, 0) is 4.79 Å². The first-order valence-corrected chi connectivity index (χ1v) is 3.44. The topological polar surface area (TPSA) is 63.3 Å². The fraction of sp³-hybridized carbons (Fsp3) is 0.625. The van der Waals surface area contributed by atoms with E-state index in [1.165, 1.54) is 0 Å². The quantitative estimate of drug-likeness (QED) is 0.601. The van der Waals surface area contributed by atoms with Gasteiger partial charge in [-0.25, -0.2) is 0 Å². The summed E-state index contributed by atoms with van der Waals surface area (Å²) in [6, 6.07) is -0.486. The maximum absolute atomic E-state index is 10.6. The molecule has 3 heteroatoms. The van der Waals surface area contributed by atoms with Crippen LogP contribution in [0.15, 0.2) is 12.2 Å². The Balaban J connectivity index is 4.55. The van der Waals surface area contributed by atoms with Crippen LogP contribution in [0.4, 0.5) is 0 Å². The normalized spacial score (nSPS) is 14.2. The van der Waals surface area contributed by atoms with Gasteiger partial charge in [0.1, 0.15) is 0 Å². The van der Waals surface area contributed by atoms with E-state index < -0.39 is 17.4 Å². The van der Waals surface area contributed by atoms with Gasteiger partial charge >= 0.3 is 5.97 Å². The number of carboxylic acid groups (broad SMARTS) is 1. The largest absolute Gasteiger partial charge is 0.481 e. The fourth-order valence-corrected chi connectivity index (χ4v) is 0.749. The zero-order valence-electron chi connectivity index (χ0n) is 7.22. The van der Waals surface area contributed by atoms with Crippen molar-refractivity contribution in [3.05, 3.63) is 12.2 Å². The average molecular weight is 157 g/mol. The molecule has 1 atom stereocenters. The standard InChI is InChI=1S/C8H15NO2/c1-5(2)6(9)8(3,4)7(10)11/h6H,1,9H2,2-4H3,(H,10,11). The number of carbonyl (C=O) groups is 1. The highest BCUT2D eigenvalue weighted by Gasteiger charge is 2.34. The summed E-state index contributed by atoms with van der Waals surface area (Å²) in [4.78, 5) is 10.6. The molecule has 3 N–H and O–H groups in total. The van der Waals surface area contributed by atoms with E-state index in [9.17, 15) is 4.79 Å². The molecule has 0 bridgehead atoms. The highest BCUT2D eigenvalue weighted by Crippen LogP contribution is 2.23. The van der Waals surface area contributed by atoms with E-state index in [4.69, 9.17) is 10.8 Å². The van der Waals surface area contributed by atoms with Crippen molar-refractivity contribution in [1.29, 1.82) is 0 Å². The second kappa shape index (κ2) is 3.05. The second-order valence-corrected chi connectivity index (χ2v) is 3.35. The van der Waals surface area contributed by atoms with Crippen LogP contribution < -0.4 is 5.73 Å². The third-order valence-corrected chi connectivity index (χ3v) is 1.86. The first-order valence-electron chi connectivity index (χ1n) is 3.44. The van der Waals surface area contributed by atoms with Gasteiger partial charge in [-0.3, -0.25) is 4.79 Å². The van der Waals surface area contributed by atoms with E-state index in [-0.39, 0.29) is 0 Å². The molecule has 0 amide bonds. The molecular weight excluding hydrogens is 142 g/mol. The smallest absolute Gasteiger partial charge is 0.310 e. The predicted molar refractivity (Wildman–Crippen MR) is 44.2 cm³/mol. The van der Waals surface area contributed by atoms with Crippen molar-refractivity contribution in [2.45, 2.75) is 26.8 Å². The van der Waals surface area contributed by atoms with Gasteiger partial charge < -0.3 is 10.8 Å². The molecule has 11 heavy (non-hydrogen) atoms. The molecule has 0 rings (SSSR count). The third-order valence-electron chi connectivity index (χ3n) is 1.86. The Morgan fingerprint density at radius 1 is 1.64 bits per heavy atom. The van der Waals surface area contributed by atoms with Crippen molar-refractivity contribution in [3.63, 3.8) is 0 Å². The van der Waals surface area contributed by atoms with Crippen molar-refractivity contribution in [2.24, 2.45) is 11.1 Å². The van der Waals surface area contributed by atoms with E-state index in [0.717, 1.165) is 0 Å². The predicted octanol–water partition coefficient (Wildman–Crippen LogP) is 1.00. The molecule has 0 fully saturated rings. The van der Waals surface area contributed by atoms with Crippen LogP contribution in [0.1, 0.15) is 20.8 Å². The second-order valence-electron chi connectivity index (χ2n) is 3.35. The Morgan fingerprint density at radius 3 is 2.09 bits per heavy atom. The molecule has 64 valence electrons. The minimum absolute atomic E-state index is 0.486. The molecule has 1 unspecified atom stereocenters. The van der Waals surface area contributed by atoms with Crippen LogP contribution in [0.3, 0.4) is 0 Å². The summed E-state index contributed by atoms with van der Waals surface area (Å²) < 4.78 is 0. The summed E-state index contributed by atoms with van der Waals surface area (Å²) in [5, 5.41) is 8.74. The van der Waals surface area contributed by atoms with E-state index in [0.29, 0.717) is 5.57 Å². The first-order chi connectivity index (χ1) is 4.80. The van der Waals surface area contributed by atoms with Crippen LogP contribution in [0.25, 0.3) is 0 Å². The Bertz CT molecular complexity index is 185. The van der Waals surface area contributed by atoms with Crippen LogP contribution in [0.2, 0.25) is 0 Å². The van der Waals surface area contributed by atoms with Gasteiger partial charge in [-0.05, 0) is 20.8 Å². The molecule has 0 heterocycles. The lowest BCUT2D eigenvalue weighted by atomic mass is 9.82. The lowest BCUT2D eigenvalue weighted by molar-refractivity contribution is -0.147. The lowest BCUT2D eigenvalue weighted by Gasteiger charge is -2.26. The van der Waals surface area contributed by atoms with Gasteiger partial charge in [0.2, 0.25) is 0 Å². The molecular formula is C8H15NO2. The van der Waals surface area contributed by atoms with Gasteiger partial charge in [-0.1, -0.05) is 12.2 Å². The molecule has 0 aliphatic rings. The number of carboxylic acids is 1.